The second-order valence-corrected chi connectivity index (χ2v) is 5.18. The van der Waals surface area contributed by atoms with Crippen LogP contribution in [0.25, 0.3) is 0 Å². The first-order valence-corrected chi connectivity index (χ1v) is 6.62. The molecule has 20 heavy (non-hydrogen) atoms. The van der Waals surface area contributed by atoms with Crippen molar-refractivity contribution in [3.05, 3.63) is 69.2 Å². The van der Waals surface area contributed by atoms with Crippen LogP contribution in [0.1, 0.15) is 17.2 Å². The van der Waals surface area contributed by atoms with Crippen LogP contribution in [0, 0.1) is 11.6 Å². The highest BCUT2D eigenvalue weighted by atomic mass is 35.5. The highest BCUT2D eigenvalue weighted by molar-refractivity contribution is 6.30. The van der Waals surface area contributed by atoms with Crippen LogP contribution in [0.5, 0.6) is 0 Å². The molecule has 0 saturated carbocycles. The first-order chi connectivity index (χ1) is 9.51. The first kappa shape index (κ1) is 15.2. The summed E-state index contributed by atoms with van der Waals surface area (Å²) in [6, 6.07) is 8.33. The molecule has 2 aromatic rings. The second kappa shape index (κ2) is 6.50. The van der Waals surface area contributed by atoms with Crippen LogP contribution in [0.4, 0.5) is 8.78 Å². The number of halogens is 4. The van der Waals surface area contributed by atoms with Crippen LogP contribution in [0.3, 0.4) is 0 Å². The van der Waals surface area contributed by atoms with Crippen molar-refractivity contribution in [3.63, 3.8) is 0 Å². The molecule has 3 N–H and O–H groups in total. The molecule has 106 valence electrons. The number of hydrogen-bond donors (Lipinski definition) is 2. The lowest BCUT2D eigenvalue weighted by Crippen LogP contribution is -2.29. The molecule has 2 nitrogen and oxygen atoms in total. The number of hydrogen-bond acceptors (Lipinski definition) is 2. The average molecular weight is 317 g/mol. The fourth-order valence-electron chi connectivity index (χ4n) is 1.91. The van der Waals surface area contributed by atoms with E-state index < -0.39 is 17.7 Å². The topological polar surface area (TPSA) is 38.0 Å². The zero-order valence-corrected chi connectivity index (χ0v) is 11.8. The molecule has 0 aromatic heterocycles. The maximum atomic E-state index is 13.8. The van der Waals surface area contributed by atoms with E-state index in [9.17, 15) is 8.78 Å². The largest absolute Gasteiger partial charge is 0.271 e. The molecule has 2 aromatic carbocycles. The van der Waals surface area contributed by atoms with Crippen molar-refractivity contribution in [1.82, 2.24) is 5.43 Å². The molecule has 0 radical (unpaired) electrons. The predicted molar refractivity (Wildman–Crippen MR) is 76.6 cm³/mol. The fourth-order valence-corrected chi connectivity index (χ4v) is 2.19. The number of rotatable bonds is 4. The van der Waals surface area contributed by atoms with Crippen molar-refractivity contribution in [2.45, 2.75) is 12.5 Å². The van der Waals surface area contributed by atoms with Crippen LogP contribution >= 0.6 is 23.2 Å². The van der Waals surface area contributed by atoms with Crippen molar-refractivity contribution in [2.24, 2.45) is 5.84 Å². The molecule has 6 heteroatoms. The summed E-state index contributed by atoms with van der Waals surface area (Å²) in [6.45, 7) is 0. The van der Waals surface area contributed by atoms with Crippen LogP contribution in [-0.2, 0) is 6.42 Å². The van der Waals surface area contributed by atoms with Gasteiger partial charge in [-0.2, -0.15) is 0 Å². The minimum atomic E-state index is -0.541. The van der Waals surface area contributed by atoms with Gasteiger partial charge in [0.25, 0.3) is 0 Å². The fraction of sp³-hybridized carbons (Fsp3) is 0.143. The Morgan fingerprint density at radius 3 is 2.40 bits per heavy atom. The summed E-state index contributed by atoms with van der Waals surface area (Å²) in [5.41, 5.74) is 3.57. The van der Waals surface area contributed by atoms with E-state index in [1.54, 1.807) is 18.2 Å². The van der Waals surface area contributed by atoms with Gasteiger partial charge in [-0.15, -0.1) is 0 Å². The monoisotopic (exact) mass is 316 g/mol. The molecule has 1 atom stereocenters. The molecule has 0 heterocycles. The lowest BCUT2D eigenvalue weighted by molar-refractivity contribution is 0.525. The minimum absolute atomic E-state index is 0.0298. The Balaban J connectivity index is 2.26. The molecule has 0 fully saturated rings. The van der Waals surface area contributed by atoms with Crippen molar-refractivity contribution >= 4 is 23.2 Å². The maximum absolute atomic E-state index is 13.8. The van der Waals surface area contributed by atoms with E-state index in [1.807, 2.05) is 0 Å². The van der Waals surface area contributed by atoms with Gasteiger partial charge in [0, 0.05) is 5.02 Å². The molecule has 0 bridgehead atoms. The maximum Gasteiger partial charge on any atom is 0.142 e. The Kier molecular flexibility index (Phi) is 4.94. The lowest BCUT2D eigenvalue weighted by Gasteiger charge is -2.17. The van der Waals surface area contributed by atoms with E-state index in [4.69, 9.17) is 29.0 Å². The summed E-state index contributed by atoms with van der Waals surface area (Å²) in [5, 5.41) is 0.350. The number of benzene rings is 2. The summed E-state index contributed by atoms with van der Waals surface area (Å²) in [5.74, 6) is 4.50. The predicted octanol–water partition coefficient (Wildman–Crippen LogP) is 4.02. The van der Waals surface area contributed by atoms with Crippen molar-refractivity contribution in [3.8, 4) is 0 Å². The molecule has 1 unspecified atom stereocenters. The van der Waals surface area contributed by atoms with Gasteiger partial charge in [0.05, 0.1) is 11.1 Å². The Morgan fingerprint density at radius 2 is 1.80 bits per heavy atom. The third-order valence-corrected chi connectivity index (χ3v) is 3.53. The molecule has 0 aliphatic rings. The Bertz CT molecular complexity index is 620. The zero-order chi connectivity index (χ0) is 14.7. The van der Waals surface area contributed by atoms with E-state index in [2.05, 4.69) is 5.43 Å². The SMILES string of the molecule is NNC(Cc1ccc(Cl)cc1F)c1ccc(Cl)c(F)c1. The molecule has 0 saturated heterocycles. The molecule has 0 aliphatic heterocycles. The third-order valence-electron chi connectivity index (χ3n) is 2.99. The van der Waals surface area contributed by atoms with Crippen molar-refractivity contribution in [1.29, 1.82) is 0 Å². The molecular formula is C14H12Cl2F2N2. The van der Waals surface area contributed by atoms with Gasteiger partial charge in [0.2, 0.25) is 0 Å². The summed E-state index contributed by atoms with van der Waals surface area (Å²) >= 11 is 11.3. The molecule has 0 aliphatic carbocycles. The van der Waals surface area contributed by atoms with E-state index in [0.29, 0.717) is 16.1 Å². The van der Waals surface area contributed by atoms with E-state index in [1.165, 1.54) is 18.2 Å². The summed E-state index contributed by atoms with van der Waals surface area (Å²) < 4.78 is 27.2. The normalized spacial score (nSPS) is 12.4. The summed E-state index contributed by atoms with van der Waals surface area (Å²) in [4.78, 5) is 0. The standard InChI is InChI=1S/C14H12Cl2F2N2/c15-10-3-1-8(12(17)7-10)6-14(20-19)9-2-4-11(16)13(18)5-9/h1-5,7,14,20H,6,19H2. The molecule has 2 rings (SSSR count). The highest BCUT2D eigenvalue weighted by Crippen LogP contribution is 2.24. The highest BCUT2D eigenvalue weighted by Gasteiger charge is 2.15. The first-order valence-electron chi connectivity index (χ1n) is 5.86. The average Bonchev–Trinajstić information content (AvgIpc) is 2.41. The molecule has 0 amide bonds. The van der Waals surface area contributed by atoms with E-state index in [0.717, 1.165) is 0 Å². The Hall–Kier alpha value is -1.20. The van der Waals surface area contributed by atoms with E-state index in [-0.39, 0.29) is 11.4 Å². The Labute approximate surface area is 125 Å². The minimum Gasteiger partial charge on any atom is -0.271 e. The van der Waals surface area contributed by atoms with Crippen LogP contribution < -0.4 is 11.3 Å². The third kappa shape index (κ3) is 3.46. The van der Waals surface area contributed by atoms with Gasteiger partial charge in [0.15, 0.2) is 0 Å². The van der Waals surface area contributed by atoms with Gasteiger partial charge in [-0.3, -0.25) is 11.3 Å². The van der Waals surface area contributed by atoms with Gasteiger partial charge >= 0.3 is 0 Å². The second-order valence-electron chi connectivity index (χ2n) is 4.33. The molecular weight excluding hydrogens is 305 g/mol. The van der Waals surface area contributed by atoms with E-state index >= 15 is 0 Å². The van der Waals surface area contributed by atoms with Crippen molar-refractivity contribution < 1.29 is 8.78 Å². The van der Waals surface area contributed by atoms with Gasteiger partial charge in [0.1, 0.15) is 11.6 Å². The number of nitrogens with two attached hydrogens (primary N) is 1. The lowest BCUT2D eigenvalue weighted by atomic mass is 9.99. The van der Waals surface area contributed by atoms with Gasteiger partial charge in [-0.1, -0.05) is 35.3 Å². The summed E-state index contributed by atoms with van der Waals surface area (Å²) in [6.07, 6.45) is 0.264. The number of hydrazine groups is 1. The van der Waals surface area contributed by atoms with Crippen molar-refractivity contribution in [2.75, 3.05) is 0 Å². The smallest absolute Gasteiger partial charge is 0.142 e. The van der Waals surface area contributed by atoms with Gasteiger partial charge in [-0.05, 0) is 41.8 Å². The van der Waals surface area contributed by atoms with Crippen LogP contribution in [0.15, 0.2) is 36.4 Å². The van der Waals surface area contributed by atoms with Crippen LogP contribution in [-0.4, -0.2) is 0 Å². The van der Waals surface area contributed by atoms with Gasteiger partial charge in [-0.25, -0.2) is 8.78 Å². The zero-order valence-electron chi connectivity index (χ0n) is 10.3. The summed E-state index contributed by atoms with van der Waals surface area (Å²) in [7, 11) is 0. The number of nitrogens with one attached hydrogen (secondary N) is 1. The quantitative estimate of drug-likeness (QED) is 0.660. The van der Waals surface area contributed by atoms with Gasteiger partial charge < -0.3 is 0 Å². The Morgan fingerprint density at radius 1 is 1.05 bits per heavy atom. The molecule has 0 spiro atoms. The van der Waals surface area contributed by atoms with Crippen LogP contribution in [0.2, 0.25) is 10.0 Å².